The van der Waals surface area contributed by atoms with Crippen LogP contribution in [0.2, 0.25) is 5.15 Å². The molecule has 0 aliphatic heterocycles. The van der Waals surface area contributed by atoms with Crippen molar-refractivity contribution in [2.24, 2.45) is 5.92 Å². The zero-order chi connectivity index (χ0) is 14.3. The summed E-state index contributed by atoms with van der Waals surface area (Å²) in [6.45, 7) is 4.28. The Kier molecular flexibility index (Phi) is 3.30. The lowest BCUT2D eigenvalue weighted by atomic mass is 9.89. The van der Waals surface area contributed by atoms with E-state index in [0.717, 1.165) is 29.2 Å². The molecule has 4 nitrogen and oxygen atoms in total. The maximum atomic E-state index is 10.8. The summed E-state index contributed by atoms with van der Waals surface area (Å²) in [6.07, 6.45) is 5.44. The second-order valence-corrected chi connectivity index (χ2v) is 5.77. The molecule has 5 heteroatoms. The molecule has 2 aromatic rings. The van der Waals surface area contributed by atoms with E-state index < -0.39 is 5.60 Å². The number of hydrogen-bond acceptors (Lipinski definition) is 4. The maximum absolute atomic E-state index is 10.8. The quantitative estimate of drug-likeness (QED) is 0.879. The first kappa shape index (κ1) is 13.6. The van der Waals surface area contributed by atoms with Gasteiger partial charge in [0.05, 0.1) is 17.6 Å². The number of fused-ring (bicyclic) bond motifs is 1. The molecule has 106 valence electrons. The van der Waals surface area contributed by atoms with Crippen molar-refractivity contribution in [2.45, 2.75) is 32.3 Å². The van der Waals surface area contributed by atoms with Crippen LogP contribution < -0.4 is 4.74 Å². The molecule has 3 rings (SSSR count). The minimum absolute atomic E-state index is 0.289. The van der Waals surface area contributed by atoms with Gasteiger partial charge in [-0.25, -0.2) is 9.97 Å². The van der Waals surface area contributed by atoms with E-state index >= 15 is 0 Å². The third kappa shape index (κ3) is 2.23. The van der Waals surface area contributed by atoms with Crippen molar-refractivity contribution in [3.8, 4) is 5.88 Å². The van der Waals surface area contributed by atoms with Gasteiger partial charge in [0.1, 0.15) is 5.15 Å². The first-order chi connectivity index (χ1) is 9.54. The molecule has 0 aromatic carbocycles. The van der Waals surface area contributed by atoms with Gasteiger partial charge in [0.25, 0.3) is 0 Å². The lowest BCUT2D eigenvalue weighted by Crippen LogP contribution is -2.24. The number of aliphatic hydroxyl groups is 1. The molecule has 1 unspecified atom stereocenters. The Morgan fingerprint density at radius 3 is 2.75 bits per heavy atom. The van der Waals surface area contributed by atoms with Gasteiger partial charge in [0.15, 0.2) is 0 Å². The largest absolute Gasteiger partial charge is 0.477 e. The van der Waals surface area contributed by atoms with Gasteiger partial charge in [-0.3, -0.25) is 0 Å². The Hall–Kier alpha value is -1.39. The molecular weight excluding hydrogens is 276 g/mol. The SMILES string of the molecule is CCOc1ncc(C(C)(O)C2CC2)c2cc(Cl)ncc12. The predicted molar refractivity (Wildman–Crippen MR) is 78.0 cm³/mol. The average Bonchev–Trinajstić information content (AvgIpc) is 3.23. The van der Waals surface area contributed by atoms with E-state index in [4.69, 9.17) is 16.3 Å². The molecule has 1 atom stereocenters. The number of hydrogen-bond donors (Lipinski definition) is 1. The summed E-state index contributed by atoms with van der Waals surface area (Å²) in [4.78, 5) is 8.44. The first-order valence-electron chi connectivity index (χ1n) is 6.84. The summed E-state index contributed by atoms with van der Waals surface area (Å²) in [5, 5.41) is 12.8. The fraction of sp³-hybridized carbons (Fsp3) is 0.467. The molecule has 1 N–H and O–H groups in total. The fourth-order valence-electron chi connectivity index (χ4n) is 2.61. The summed E-state index contributed by atoms with van der Waals surface area (Å²) in [6, 6.07) is 1.77. The Balaban J connectivity index is 2.22. The zero-order valence-corrected chi connectivity index (χ0v) is 12.3. The Morgan fingerprint density at radius 2 is 2.10 bits per heavy atom. The van der Waals surface area contributed by atoms with Crippen molar-refractivity contribution < 1.29 is 9.84 Å². The van der Waals surface area contributed by atoms with Crippen LogP contribution in [0.5, 0.6) is 5.88 Å². The predicted octanol–water partition coefficient (Wildman–Crippen LogP) is 3.30. The van der Waals surface area contributed by atoms with E-state index in [0.29, 0.717) is 17.6 Å². The third-order valence-corrected chi connectivity index (χ3v) is 4.11. The summed E-state index contributed by atoms with van der Waals surface area (Å²) in [5.74, 6) is 0.819. The van der Waals surface area contributed by atoms with Gasteiger partial charge < -0.3 is 9.84 Å². The Labute approximate surface area is 122 Å². The standard InChI is InChI=1S/C15H17ClN2O2/c1-3-20-14-11-7-17-13(16)6-10(11)12(8-18-14)15(2,19)9-4-5-9/h6-9,19H,3-5H2,1-2H3. The van der Waals surface area contributed by atoms with E-state index in [1.165, 1.54) is 0 Å². The van der Waals surface area contributed by atoms with Crippen molar-refractivity contribution in [3.63, 3.8) is 0 Å². The Morgan fingerprint density at radius 1 is 1.35 bits per heavy atom. The highest BCUT2D eigenvalue weighted by molar-refractivity contribution is 6.30. The first-order valence-corrected chi connectivity index (χ1v) is 7.21. The van der Waals surface area contributed by atoms with Crippen LogP contribution in [0.1, 0.15) is 32.3 Å². The van der Waals surface area contributed by atoms with Gasteiger partial charge in [-0.1, -0.05) is 11.6 Å². The molecule has 1 aliphatic rings. The minimum Gasteiger partial charge on any atom is -0.477 e. The molecule has 0 bridgehead atoms. The topological polar surface area (TPSA) is 55.2 Å². The molecule has 20 heavy (non-hydrogen) atoms. The van der Waals surface area contributed by atoms with Crippen molar-refractivity contribution in [1.29, 1.82) is 0 Å². The van der Waals surface area contributed by atoms with E-state index in [2.05, 4.69) is 9.97 Å². The second-order valence-electron chi connectivity index (χ2n) is 5.38. The third-order valence-electron chi connectivity index (χ3n) is 3.90. The van der Waals surface area contributed by atoms with Crippen LogP contribution in [-0.2, 0) is 5.60 Å². The monoisotopic (exact) mass is 292 g/mol. The molecule has 0 amide bonds. The highest BCUT2D eigenvalue weighted by atomic mass is 35.5. The minimum atomic E-state index is -0.888. The van der Waals surface area contributed by atoms with Gasteiger partial charge >= 0.3 is 0 Å². The summed E-state index contributed by atoms with van der Waals surface area (Å²) in [5.41, 5.74) is -0.0940. The van der Waals surface area contributed by atoms with E-state index in [9.17, 15) is 5.11 Å². The summed E-state index contributed by atoms with van der Waals surface area (Å²) < 4.78 is 5.53. The van der Waals surface area contributed by atoms with Crippen LogP contribution in [0.3, 0.4) is 0 Å². The lowest BCUT2D eigenvalue weighted by Gasteiger charge is -2.25. The van der Waals surface area contributed by atoms with Crippen LogP contribution in [-0.4, -0.2) is 21.7 Å². The fourth-order valence-corrected chi connectivity index (χ4v) is 2.76. The van der Waals surface area contributed by atoms with Crippen LogP contribution in [0.15, 0.2) is 18.5 Å². The molecule has 0 spiro atoms. The van der Waals surface area contributed by atoms with Crippen molar-refractivity contribution in [3.05, 3.63) is 29.2 Å². The van der Waals surface area contributed by atoms with E-state index in [1.807, 2.05) is 13.8 Å². The van der Waals surface area contributed by atoms with Crippen LogP contribution in [0.4, 0.5) is 0 Å². The highest BCUT2D eigenvalue weighted by Gasteiger charge is 2.42. The molecule has 1 aliphatic carbocycles. The molecule has 0 saturated heterocycles. The number of aromatic nitrogens is 2. The zero-order valence-electron chi connectivity index (χ0n) is 11.6. The van der Waals surface area contributed by atoms with E-state index in [-0.39, 0.29) is 5.92 Å². The highest BCUT2D eigenvalue weighted by Crippen LogP contribution is 2.47. The molecular formula is C15H17ClN2O2. The lowest BCUT2D eigenvalue weighted by molar-refractivity contribution is 0.0342. The molecule has 0 radical (unpaired) electrons. The number of halogens is 1. The van der Waals surface area contributed by atoms with Gasteiger partial charge in [-0.2, -0.15) is 0 Å². The van der Waals surface area contributed by atoms with Gasteiger partial charge in [-0.15, -0.1) is 0 Å². The van der Waals surface area contributed by atoms with Crippen LogP contribution in [0.25, 0.3) is 10.8 Å². The Bertz CT molecular complexity index is 654. The summed E-state index contributed by atoms with van der Waals surface area (Å²) in [7, 11) is 0. The maximum Gasteiger partial charge on any atom is 0.222 e. The van der Waals surface area contributed by atoms with E-state index in [1.54, 1.807) is 18.5 Å². The number of nitrogens with zero attached hydrogens (tertiary/aromatic N) is 2. The number of pyridine rings is 2. The van der Waals surface area contributed by atoms with Gasteiger partial charge in [-0.05, 0) is 44.1 Å². The van der Waals surface area contributed by atoms with Crippen molar-refractivity contribution in [2.75, 3.05) is 6.61 Å². The molecule has 1 fully saturated rings. The average molecular weight is 293 g/mol. The van der Waals surface area contributed by atoms with Gasteiger partial charge in [0, 0.05) is 18.0 Å². The van der Waals surface area contributed by atoms with Crippen LogP contribution >= 0.6 is 11.6 Å². The second kappa shape index (κ2) is 4.86. The molecule has 1 saturated carbocycles. The molecule has 2 aromatic heterocycles. The summed E-state index contributed by atoms with van der Waals surface area (Å²) >= 11 is 6.01. The number of rotatable bonds is 4. The smallest absolute Gasteiger partial charge is 0.222 e. The molecule has 2 heterocycles. The van der Waals surface area contributed by atoms with Crippen molar-refractivity contribution in [1.82, 2.24) is 9.97 Å². The number of ether oxygens (including phenoxy) is 1. The normalized spacial score (nSPS) is 18.0. The van der Waals surface area contributed by atoms with Gasteiger partial charge in [0.2, 0.25) is 5.88 Å². The van der Waals surface area contributed by atoms with Crippen LogP contribution in [0, 0.1) is 5.92 Å². The van der Waals surface area contributed by atoms with Crippen molar-refractivity contribution >= 4 is 22.4 Å².